The summed E-state index contributed by atoms with van der Waals surface area (Å²) in [7, 11) is 0. The van der Waals surface area contributed by atoms with Gasteiger partial charge in [0.1, 0.15) is 0 Å². The normalized spacial score (nSPS) is 18.6. The number of nitrogens with one attached hydrogen (secondary N) is 1. The van der Waals surface area contributed by atoms with E-state index in [9.17, 15) is 0 Å². The van der Waals surface area contributed by atoms with Crippen LogP contribution in [0.4, 0.5) is 0 Å². The Labute approximate surface area is 131 Å². The van der Waals surface area contributed by atoms with Crippen molar-refractivity contribution in [3.8, 4) is 0 Å². The van der Waals surface area contributed by atoms with Crippen molar-refractivity contribution in [1.82, 2.24) is 5.32 Å². The molecule has 1 fully saturated rings. The van der Waals surface area contributed by atoms with E-state index in [1.165, 1.54) is 57.1 Å². The summed E-state index contributed by atoms with van der Waals surface area (Å²) in [6.07, 6.45) is 9.93. The molecule has 0 aromatic heterocycles. The van der Waals surface area contributed by atoms with Gasteiger partial charge >= 0.3 is 0 Å². The second-order valence-corrected chi connectivity index (χ2v) is 7.25. The summed E-state index contributed by atoms with van der Waals surface area (Å²) < 4.78 is 0. The zero-order valence-electron chi connectivity index (χ0n) is 14.0. The topological polar surface area (TPSA) is 12.0 Å². The Morgan fingerprint density at radius 2 is 1.62 bits per heavy atom. The van der Waals surface area contributed by atoms with E-state index < -0.39 is 0 Å². The van der Waals surface area contributed by atoms with E-state index in [0.717, 1.165) is 24.3 Å². The van der Waals surface area contributed by atoms with Crippen molar-refractivity contribution in [3.05, 3.63) is 35.9 Å². The van der Waals surface area contributed by atoms with Crippen molar-refractivity contribution >= 4 is 0 Å². The molecule has 1 heteroatoms. The predicted molar refractivity (Wildman–Crippen MR) is 92.5 cm³/mol. The molecule has 1 saturated carbocycles. The van der Waals surface area contributed by atoms with Crippen molar-refractivity contribution in [2.24, 2.45) is 17.8 Å². The van der Waals surface area contributed by atoms with E-state index in [4.69, 9.17) is 0 Å². The number of benzene rings is 1. The molecule has 0 bridgehead atoms. The van der Waals surface area contributed by atoms with Crippen LogP contribution in [-0.2, 0) is 6.42 Å². The van der Waals surface area contributed by atoms with Crippen LogP contribution in [0.15, 0.2) is 30.3 Å². The first-order valence-electron chi connectivity index (χ1n) is 9.00. The third-order valence-corrected chi connectivity index (χ3v) is 4.87. The largest absolute Gasteiger partial charge is 0.316 e. The fraction of sp³-hybridized carbons (Fsp3) is 0.700. The molecular weight excluding hydrogens is 254 g/mol. The monoisotopic (exact) mass is 287 g/mol. The van der Waals surface area contributed by atoms with Gasteiger partial charge in [-0.2, -0.15) is 0 Å². The van der Waals surface area contributed by atoms with Crippen LogP contribution < -0.4 is 5.32 Å². The van der Waals surface area contributed by atoms with Crippen LogP contribution in [-0.4, -0.2) is 13.1 Å². The molecular formula is C20H33N. The van der Waals surface area contributed by atoms with Crippen molar-refractivity contribution in [1.29, 1.82) is 0 Å². The van der Waals surface area contributed by atoms with E-state index in [1.54, 1.807) is 0 Å². The summed E-state index contributed by atoms with van der Waals surface area (Å²) in [6.45, 7) is 6.94. The highest BCUT2D eigenvalue weighted by atomic mass is 14.9. The molecule has 0 aliphatic heterocycles. The molecule has 0 radical (unpaired) electrons. The van der Waals surface area contributed by atoms with Gasteiger partial charge in [-0.15, -0.1) is 0 Å². The fourth-order valence-corrected chi connectivity index (χ4v) is 3.66. The molecule has 2 rings (SSSR count). The smallest absolute Gasteiger partial charge is 0.00146 e. The first-order chi connectivity index (χ1) is 10.3. The number of rotatable bonds is 7. The second kappa shape index (κ2) is 9.25. The lowest BCUT2D eigenvalue weighted by Gasteiger charge is -2.27. The first-order valence-corrected chi connectivity index (χ1v) is 9.00. The summed E-state index contributed by atoms with van der Waals surface area (Å²) in [6, 6.07) is 11.1. The molecule has 1 aromatic carbocycles. The van der Waals surface area contributed by atoms with Crippen LogP contribution in [0.2, 0.25) is 0 Å². The quantitative estimate of drug-likeness (QED) is 0.691. The zero-order chi connectivity index (χ0) is 14.9. The third-order valence-electron chi connectivity index (χ3n) is 4.87. The van der Waals surface area contributed by atoms with E-state index in [0.29, 0.717) is 0 Å². The Balaban J connectivity index is 1.94. The van der Waals surface area contributed by atoms with E-state index in [-0.39, 0.29) is 0 Å². The maximum Gasteiger partial charge on any atom is -0.00146 e. The van der Waals surface area contributed by atoms with E-state index >= 15 is 0 Å². The Hall–Kier alpha value is -0.820. The lowest BCUT2D eigenvalue weighted by molar-refractivity contribution is 0.281. The standard InChI is InChI=1S/C20H33N/c1-17(2)15-21-16-20(14-18-10-6-5-7-11-18)19-12-8-3-4-9-13-19/h5-7,10-11,17,19-21H,3-4,8-9,12-16H2,1-2H3. The summed E-state index contributed by atoms with van der Waals surface area (Å²) in [5.41, 5.74) is 1.51. The maximum atomic E-state index is 3.72. The zero-order valence-corrected chi connectivity index (χ0v) is 14.0. The van der Waals surface area contributed by atoms with E-state index in [2.05, 4.69) is 49.5 Å². The lowest BCUT2D eigenvalue weighted by atomic mass is 9.82. The summed E-state index contributed by atoms with van der Waals surface area (Å²) in [5, 5.41) is 3.72. The molecule has 1 nitrogen and oxygen atoms in total. The van der Waals surface area contributed by atoms with E-state index in [1.807, 2.05) is 0 Å². The molecule has 21 heavy (non-hydrogen) atoms. The number of hydrogen-bond acceptors (Lipinski definition) is 1. The minimum atomic E-state index is 0.747. The Morgan fingerprint density at radius 1 is 0.952 bits per heavy atom. The van der Waals surface area contributed by atoms with Crippen molar-refractivity contribution in [2.45, 2.75) is 58.8 Å². The van der Waals surface area contributed by atoms with Gasteiger partial charge in [0.2, 0.25) is 0 Å². The molecule has 0 heterocycles. The minimum absolute atomic E-state index is 0.747. The Bertz CT molecular complexity index is 363. The third kappa shape index (κ3) is 6.22. The van der Waals surface area contributed by atoms with Gasteiger partial charge in [0.15, 0.2) is 0 Å². The molecule has 0 amide bonds. The molecule has 0 saturated heterocycles. The van der Waals surface area contributed by atoms with Crippen LogP contribution in [0, 0.1) is 17.8 Å². The summed E-state index contributed by atoms with van der Waals surface area (Å²) >= 11 is 0. The van der Waals surface area contributed by atoms with Crippen LogP contribution >= 0.6 is 0 Å². The van der Waals surface area contributed by atoms with Gasteiger partial charge in [0, 0.05) is 0 Å². The van der Waals surface area contributed by atoms with Crippen LogP contribution in [0.5, 0.6) is 0 Å². The van der Waals surface area contributed by atoms with Gasteiger partial charge in [-0.05, 0) is 42.8 Å². The van der Waals surface area contributed by atoms with Gasteiger partial charge < -0.3 is 5.32 Å². The minimum Gasteiger partial charge on any atom is -0.316 e. The molecule has 1 unspecified atom stereocenters. The second-order valence-electron chi connectivity index (χ2n) is 7.25. The molecule has 1 aliphatic rings. The highest BCUT2D eigenvalue weighted by Gasteiger charge is 2.22. The van der Waals surface area contributed by atoms with Gasteiger partial charge in [-0.1, -0.05) is 82.7 Å². The SMILES string of the molecule is CC(C)CNCC(Cc1ccccc1)C1CCCCCC1. The fourth-order valence-electron chi connectivity index (χ4n) is 3.66. The van der Waals surface area contributed by atoms with Gasteiger partial charge in [0.05, 0.1) is 0 Å². The molecule has 1 N–H and O–H groups in total. The Morgan fingerprint density at radius 3 is 2.24 bits per heavy atom. The van der Waals surface area contributed by atoms with Gasteiger partial charge in [0.25, 0.3) is 0 Å². The van der Waals surface area contributed by atoms with Crippen molar-refractivity contribution < 1.29 is 0 Å². The Kier molecular flexibility index (Phi) is 7.29. The molecule has 1 aliphatic carbocycles. The molecule has 118 valence electrons. The van der Waals surface area contributed by atoms with Crippen molar-refractivity contribution in [3.63, 3.8) is 0 Å². The maximum absolute atomic E-state index is 3.72. The first kappa shape index (κ1) is 16.5. The summed E-state index contributed by atoms with van der Waals surface area (Å²) in [5.74, 6) is 2.48. The molecule has 0 spiro atoms. The highest BCUT2D eigenvalue weighted by Crippen LogP contribution is 2.30. The summed E-state index contributed by atoms with van der Waals surface area (Å²) in [4.78, 5) is 0. The van der Waals surface area contributed by atoms with Crippen molar-refractivity contribution in [2.75, 3.05) is 13.1 Å². The average Bonchev–Trinajstić information content (AvgIpc) is 2.76. The molecule has 1 aromatic rings. The van der Waals surface area contributed by atoms with Crippen LogP contribution in [0.25, 0.3) is 0 Å². The van der Waals surface area contributed by atoms with Crippen LogP contribution in [0.3, 0.4) is 0 Å². The average molecular weight is 287 g/mol. The molecule has 1 atom stereocenters. The predicted octanol–water partition coefficient (Wildman–Crippen LogP) is 5.06. The van der Waals surface area contributed by atoms with Gasteiger partial charge in [-0.25, -0.2) is 0 Å². The van der Waals surface area contributed by atoms with Crippen LogP contribution in [0.1, 0.15) is 57.9 Å². The number of hydrogen-bond donors (Lipinski definition) is 1. The van der Waals surface area contributed by atoms with Gasteiger partial charge in [-0.3, -0.25) is 0 Å². The highest BCUT2D eigenvalue weighted by molar-refractivity contribution is 5.15. The lowest BCUT2D eigenvalue weighted by Crippen LogP contribution is -2.32.